The summed E-state index contributed by atoms with van der Waals surface area (Å²) in [5.41, 5.74) is 7.47. The molecule has 1 amide bonds. The summed E-state index contributed by atoms with van der Waals surface area (Å²) < 4.78 is 5.75. The standard InChI is InChI=1S/C20H28N6O2/c1-2-22-9-10-28-16-7-3-5-14(11-16)17-13-24-19(21)18(26-17)20(27)25-15-6-4-8-23-12-15/h3,5,7,11,13,15,22-23H,2,4,6,8-10,12H2,1H3,(H2,21,24)(H,25,27)/t15-/m0/s1. The van der Waals surface area contributed by atoms with Crippen molar-refractivity contribution in [2.45, 2.75) is 25.8 Å². The number of carbonyl (C=O) groups excluding carboxylic acids is 1. The second kappa shape index (κ2) is 10.0. The Morgan fingerprint density at radius 1 is 1.43 bits per heavy atom. The number of anilines is 1. The van der Waals surface area contributed by atoms with Crippen LogP contribution in [0.5, 0.6) is 5.75 Å². The van der Waals surface area contributed by atoms with Crippen molar-refractivity contribution in [3.8, 4) is 17.0 Å². The first-order valence-electron chi connectivity index (χ1n) is 9.75. The Bertz CT molecular complexity index is 792. The van der Waals surface area contributed by atoms with Gasteiger partial charge in [0.25, 0.3) is 5.91 Å². The van der Waals surface area contributed by atoms with Crippen LogP contribution in [0.1, 0.15) is 30.3 Å². The van der Waals surface area contributed by atoms with Gasteiger partial charge in [0.15, 0.2) is 11.5 Å². The molecule has 8 heteroatoms. The number of nitrogens with zero attached hydrogens (tertiary/aromatic N) is 2. The Kier molecular flexibility index (Phi) is 7.16. The van der Waals surface area contributed by atoms with Gasteiger partial charge in [-0.15, -0.1) is 0 Å². The third-order valence-electron chi connectivity index (χ3n) is 4.58. The Morgan fingerprint density at radius 3 is 3.11 bits per heavy atom. The SMILES string of the molecule is CCNCCOc1cccc(-c2cnc(N)c(C(=O)N[C@H]3CCCNC3)n2)c1. The molecular formula is C20H28N6O2. The van der Waals surface area contributed by atoms with E-state index >= 15 is 0 Å². The van der Waals surface area contributed by atoms with Gasteiger partial charge in [-0.2, -0.15) is 0 Å². The molecule has 1 saturated heterocycles. The number of hydrogen-bond donors (Lipinski definition) is 4. The predicted molar refractivity (Wildman–Crippen MR) is 109 cm³/mol. The molecule has 5 N–H and O–H groups in total. The van der Waals surface area contributed by atoms with Crippen LogP contribution in [0.2, 0.25) is 0 Å². The van der Waals surface area contributed by atoms with E-state index in [1.807, 2.05) is 24.3 Å². The number of nitrogen functional groups attached to an aromatic ring is 1. The molecule has 0 bridgehead atoms. The van der Waals surface area contributed by atoms with Crippen LogP contribution in [-0.2, 0) is 0 Å². The molecule has 0 radical (unpaired) electrons. The van der Waals surface area contributed by atoms with Gasteiger partial charge in [-0.25, -0.2) is 9.97 Å². The summed E-state index contributed by atoms with van der Waals surface area (Å²) in [5.74, 6) is 0.579. The van der Waals surface area contributed by atoms with Crippen molar-refractivity contribution in [1.82, 2.24) is 25.9 Å². The van der Waals surface area contributed by atoms with Gasteiger partial charge in [0.2, 0.25) is 0 Å². The first kappa shape index (κ1) is 20.0. The van der Waals surface area contributed by atoms with Crippen molar-refractivity contribution in [3.63, 3.8) is 0 Å². The average molecular weight is 384 g/mol. The smallest absolute Gasteiger partial charge is 0.274 e. The number of carbonyl (C=O) groups is 1. The lowest BCUT2D eigenvalue weighted by molar-refractivity contribution is 0.0926. The highest BCUT2D eigenvalue weighted by Gasteiger charge is 2.20. The number of piperidine rings is 1. The van der Waals surface area contributed by atoms with Crippen LogP contribution in [0.25, 0.3) is 11.3 Å². The fourth-order valence-corrected chi connectivity index (χ4v) is 3.10. The molecule has 1 aliphatic rings. The van der Waals surface area contributed by atoms with E-state index in [1.165, 1.54) is 0 Å². The Balaban J connectivity index is 1.72. The van der Waals surface area contributed by atoms with Crippen LogP contribution in [0.4, 0.5) is 5.82 Å². The van der Waals surface area contributed by atoms with Gasteiger partial charge in [-0.05, 0) is 38.1 Å². The summed E-state index contributed by atoms with van der Waals surface area (Å²) in [6.07, 6.45) is 3.55. The summed E-state index contributed by atoms with van der Waals surface area (Å²) in [7, 11) is 0. The van der Waals surface area contributed by atoms with Crippen LogP contribution in [0.15, 0.2) is 30.5 Å². The summed E-state index contributed by atoms with van der Waals surface area (Å²) in [5, 5.41) is 9.48. The van der Waals surface area contributed by atoms with Gasteiger partial charge < -0.3 is 26.4 Å². The highest BCUT2D eigenvalue weighted by molar-refractivity contribution is 5.97. The minimum Gasteiger partial charge on any atom is -0.492 e. The third kappa shape index (κ3) is 5.40. The van der Waals surface area contributed by atoms with E-state index in [0.717, 1.165) is 50.3 Å². The van der Waals surface area contributed by atoms with E-state index in [2.05, 4.69) is 32.8 Å². The quantitative estimate of drug-likeness (QED) is 0.506. The fourth-order valence-electron chi connectivity index (χ4n) is 3.10. The number of likely N-dealkylation sites (N-methyl/N-ethyl adjacent to an activating group) is 1. The highest BCUT2D eigenvalue weighted by atomic mass is 16.5. The lowest BCUT2D eigenvalue weighted by Gasteiger charge is -2.23. The molecule has 1 fully saturated rings. The number of nitrogens with one attached hydrogen (secondary N) is 3. The van der Waals surface area contributed by atoms with Crippen LogP contribution in [0, 0.1) is 0 Å². The van der Waals surface area contributed by atoms with Crippen LogP contribution >= 0.6 is 0 Å². The zero-order chi connectivity index (χ0) is 19.8. The average Bonchev–Trinajstić information content (AvgIpc) is 2.72. The third-order valence-corrected chi connectivity index (χ3v) is 4.58. The van der Waals surface area contributed by atoms with Gasteiger partial charge in [-0.1, -0.05) is 19.1 Å². The van der Waals surface area contributed by atoms with E-state index in [4.69, 9.17) is 10.5 Å². The zero-order valence-corrected chi connectivity index (χ0v) is 16.2. The van der Waals surface area contributed by atoms with Crippen molar-refractivity contribution >= 4 is 11.7 Å². The lowest BCUT2D eigenvalue weighted by Crippen LogP contribution is -2.46. The summed E-state index contributed by atoms with van der Waals surface area (Å²) in [6, 6.07) is 7.66. The summed E-state index contributed by atoms with van der Waals surface area (Å²) >= 11 is 0. The molecule has 1 aromatic heterocycles. The molecule has 0 saturated carbocycles. The summed E-state index contributed by atoms with van der Waals surface area (Å²) in [6.45, 7) is 6.06. The van der Waals surface area contributed by atoms with Gasteiger partial charge in [0, 0.05) is 24.7 Å². The number of rotatable bonds is 8. The predicted octanol–water partition coefficient (Wildman–Crippen LogP) is 1.20. The van der Waals surface area contributed by atoms with E-state index in [-0.39, 0.29) is 23.5 Å². The summed E-state index contributed by atoms with van der Waals surface area (Å²) in [4.78, 5) is 21.3. The molecule has 1 atom stereocenters. The van der Waals surface area contributed by atoms with E-state index in [0.29, 0.717) is 12.3 Å². The second-order valence-electron chi connectivity index (χ2n) is 6.74. The van der Waals surface area contributed by atoms with Gasteiger partial charge in [-0.3, -0.25) is 4.79 Å². The number of aromatic nitrogens is 2. The maximum Gasteiger partial charge on any atom is 0.274 e. The van der Waals surface area contributed by atoms with Gasteiger partial charge >= 0.3 is 0 Å². The number of benzene rings is 1. The van der Waals surface area contributed by atoms with E-state index in [1.54, 1.807) is 6.20 Å². The molecule has 2 heterocycles. The molecule has 2 aromatic rings. The fraction of sp³-hybridized carbons (Fsp3) is 0.450. The molecule has 150 valence electrons. The maximum atomic E-state index is 12.6. The molecule has 3 rings (SSSR count). The molecule has 0 unspecified atom stereocenters. The topological polar surface area (TPSA) is 114 Å². The van der Waals surface area contributed by atoms with Crippen LogP contribution in [-0.4, -0.2) is 54.7 Å². The molecule has 1 aromatic carbocycles. The Hall–Kier alpha value is -2.71. The normalized spacial score (nSPS) is 16.5. The first-order valence-corrected chi connectivity index (χ1v) is 9.75. The van der Waals surface area contributed by atoms with Gasteiger partial charge in [0.05, 0.1) is 11.9 Å². The van der Waals surface area contributed by atoms with Crippen molar-refractivity contribution < 1.29 is 9.53 Å². The zero-order valence-electron chi connectivity index (χ0n) is 16.2. The molecular weight excluding hydrogens is 356 g/mol. The van der Waals surface area contributed by atoms with Crippen LogP contribution < -0.4 is 26.4 Å². The maximum absolute atomic E-state index is 12.6. The minimum atomic E-state index is -0.293. The molecule has 1 aliphatic heterocycles. The van der Waals surface area contributed by atoms with Crippen molar-refractivity contribution in [3.05, 3.63) is 36.2 Å². The van der Waals surface area contributed by atoms with E-state index in [9.17, 15) is 4.79 Å². The monoisotopic (exact) mass is 384 g/mol. The van der Waals surface area contributed by atoms with Crippen LogP contribution in [0.3, 0.4) is 0 Å². The largest absolute Gasteiger partial charge is 0.492 e. The van der Waals surface area contributed by atoms with Crippen molar-refractivity contribution in [2.75, 3.05) is 38.5 Å². The number of amides is 1. The number of nitrogens with two attached hydrogens (primary N) is 1. The molecule has 28 heavy (non-hydrogen) atoms. The number of hydrogen-bond acceptors (Lipinski definition) is 7. The molecule has 8 nitrogen and oxygen atoms in total. The molecule has 0 aliphatic carbocycles. The second-order valence-corrected chi connectivity index (χ2v) is 6.74. The lowest BCUT2D eigenvalue weighted by atomic mass is 10.1. The number of ether oxygens (including phenoxy) is 1. The minimum absolute atomic E-state index is 0.0829. The van der Waals surface area contributed by atoms with Crippen molar-refractivity contribution in [2.24, 2.45) is 0 Å². The first-order chi connectivity index (χ1) is 13.7. The molecule has 0 spiro atoms. The van der Waals surface area contributed by atoms with Gasteiger partial charge in [0.1, 0.15) is 12.4 Å². The Morgan fingerprint density at radius 2 is 2.32 bits per heavy atom. The van der Waals surface area contributed by atoms with E-state index < -0.39 is 0 Å². The Labute approximate surface area is 165 Å². The highest BCUT2D eigenvalue weighted by Crippen LogP contribution is 2.23. The van der Waals surface area contributed by atoms with Crippen molar-refractivity contribution in [1.29, 1.82) is 0 Å².